The molecule has 1 fully saturated rings. The summed E-state index contributed by atoms with van der Waals surface area (Å²) in [6.07, 6.45) is 0. The van der Waals surface area contributed by atoms with E-state index >= 15 is 0 Å². The van der Waals surface area contributed by atoms with Gasteiger partial charge in [0.15, 0.2) is 0 Å². The van der Waals surface area contributed by atoms with Gasteiger partial charge in [0.1, 0.15) is 5.76 Å². The molecule has 1 N–H and O–H groups in total. The molecule has 1 saturated heterocycles. The minimum atomic E-state index is -0.964. The number of non-ortho nitro benzene ring substituents is 1. The van der Waals surface area contributed by atoms with E-state index in [1.54, 1.807) is 48.5 Å². The number of aliphatic hydroxyl groups is 1. The van der Waals surface area contributed by atoms with E-state index in [2.05, 4.69) is 0 Å². The molecule has 160 valence electrons. The van der Waals surface area contributed by atoms with Gasteiger partial charge in [-0.05, 0) is 61.0 Å². The topological polar surface area (TPSA) is 101 Å². The number of nitro benzene ring substituents is 1. The van der Waals surface area contributed by atoms with Gasteiger partial charge in [0.05, 0.1) is 16.5 Å². The Morgan fingerprint density at radius 2 is 1.56 bits per heavy atom. The largest absolute Gasteiger partial charge is 0.507 e. The molecule has 7 nitrogen and oxygen atoms in total. The number of nitrogens with zero attached hydrogens (tertiary/aromatic N) is 2. The first-order valence-corrected chi connectivity index (χ1v) is 10.0. The molecule has 1 aliphatic rings. The molecule has 1 aliphatic heterocycles. The molecule has 0 bridgehead atoms. The maximum atomic E-state index is 13.1. The van der Waals surface area contributed by atoms with Gasteiger partial charge in [-0.15, -0.1) is 0 Å². The van der Waals surface area contributed by atoms with Crippen LogP contribution in [-0.4, -0.2) is 21.7 Å². The molecule has 1 atom stereocenters. The second-order valence-corrected chi connectivity index (χ2v) is 7.80. The van der Waals surface area contributed by atoms with E-state index in [-0.39, 0.29) is 17.0 Å². The van der Waals surface area contributed by atoms with Crippen molar-refractivity contribution in [3.8, 4) is 0 Å². The average Bonchev–Trinajstić information content (AvgIpc) is 3.05. The molecule has 3 aromatic carbocycles. The van der Waals surface area contributed by atoms with Crippen LogP contribution in [0.1, 0.15) is 22.7 Å². The van der Waals surface area contributed by atoms with Crippen molar-refractivity contribution < 1.29 is 19.6 Å². The van der Waals surface area contributed by atoms with Crippen molar-refractivity contribution in [3.63, 3.8) is 0 Å². The monoisotopic (exact) mass is 448 g/mol. The third kappa shape index (κ3) is 3.74. The first kappa shape index (κ1) is 21.3. The van der Waals surface area contributed by atoms with E-state index in [9.17, 15) is 24.8 Å². The van der Waals surface area contributed by atoms with Crippen molar-refractivity contribution >= 4 is 40.4 Å². The Balaban J connectivity index is 1.92. The highest BCUT2D eigenvalue weighted by molar-refractivity contribution is 6.51. The minimum absolute atomic E-state index is 0.105. The summed E-state index contributed by atoms with van der Waals surface area (Å²) in [4.78, 5) is 37.9. The lowest BCUT2D eigenvalue weighted by Gasteiger charge is -2.25. The number of anilines is 1. The molecule has 1 amide bonds. The van der Waals surface area contributed by atoms with E-state index in [1.165, 1.54) is 29.2 Å². The number of nitro groups is 1. The van der Waals surface area contributed by atoms with Crippen LogP contribution in [0.4, 0.5) is 11.4 Å². The van der Waals surface area contributed by atoms with Crippen molar-refractivity contribution in [1.82, 2.24) is 0 Å². The van der Waals surface area contributed by atoms with E-state index in [4.69, 9.17) is 11.6 Å². The molecule has 1 heterocycles. The highest BCUT2D eigenvalue weighted by atomic mass is 35.5. The molecular formula is C24H17ClN2O5. The predicted octanol–water partition coefficient (Wildman–Crippen LogP) is 5.18. The van der Waals surface area contributed by atoms with Crippen molar-refractivity contribution in [3.05, 3.63) is 110 Å². The summed E-state index contributed by atoms with van der Waals surface area (Å²) in [6.45, 7) is 1.90. The van der Waals surface area contributed by atoms with Crippen molar-refractivity contribution in [2.24, 2.45) is 0 Å². The van der Waals surface area contributed by atoms with Gasteiger partial charge in [-0.25, -0.2) is 0 Å². The highest BCUT2D eigenvalue weighted by Crippen LogP contribution is 2.42. The van der Waals surface area contributed by atoms with E-state index in [0.29, 0.717) is 21.8 Å². The lowest BCUT2D eigenvalue weighted by molar-refractivity contribution is -0.384. The number of aliphatic hydroxyl groups excluding tert-OH is 1. The van der Waals surface area contributed by atoms with E-state index in [1.807, 2.05) is 6.92 Å². The van der Waals surface area contributed by atoms with Gasteiger partial charge >= 0.3 is 0 Å². The number of ketones is 1. The quantitative estimate of drug-likeness (QED) is 0.195. The highest BCUT2D eigenvalue weighted by Gasteiger charge is 2.47. The van der Waals surface area contributed by atoms with Crippen LogP contribution in [0.15, 0.2) is 78.4 Å². The molecule has 0 spiro atoms. The molecular weight excluding hydrogens is 432 g/mol. The molecule has 0 aromatic heterocycles. The van der Waals surface area contributed by atoms with Gasteiger partial charge in [0.2, 0.25) is 0 Å². The second-order valence-electron chi connectivity index (χ2n) is 7.36. The number of carbonyl (C=O) groups is 2. The molecule has 0 aliphatic carbocycles. The third-order valence-electron chi connectivity index (χ3n) is 5.29. The first-order chi connectivity index (χ1) is 15.3. The number of rotatable bonds is 4. The Kier molecular flexibility index (Phi) is 5.50. The van der Waals surface area contributed by atoms with Gasteiger partial charge < -0.3 is 5.11 Å². The summed E-state index contributed by atoms with van der Waals surface area (Å²) in [5, 5.41) is 22.5. The summed E-state index contributed by atoms with van der Waals surface area (Å²) in [5.41, 5.74) is 1.98. The van der Waals surface area contributed by atoms with Crippen LogP contribution in [0.25, 0.3) is 5.76 Å². The standard InChI is InChI=1S/C24H17ClN2O5/c1-14-2-10-18(11-3-14)26-21(15-6-12-19(13-7-15)27(31)32)20(23(29)24(26)30)22(28)16-4-8-17(25)9-5-16/h2-13,21,28H,1H3. The number of hydrogen-bond donors (Lipinski definition) is 1. The van der Waals surface area contributed by atoms with Crippen molar-refractivity contribution in [2.45, 2.75) is 13.0 Å². The van der Waals surface area contributed by atoms with E-state index in [0.717, 1.165) is 5.56 Å². The van der Waals surface area contributed by atoms with Crippen LogP contribution in [0.3, 0.4) is 0 Å². The number of carbonyl (C=O) groups excluding carboxylic acids is 2. The van der Waals surface area contributed by atoms with Gasteiger partial charge in [-0.3, -0.25) is 24.6 Å². The zero-order chi connectivity index (χ0) is 23.0. The fourth-order valence-corrected chi connectivity index (χ4v) is 3.79. The maximum absolute atomic E-state index is 13.1. The number of benzene rings is 3. The molecule has 4 rings (SSSR count). The molecule has 3 aromatic rings. The zero-order valence-electron chi connectivity index (χ0n) is 16.9. The Morgan fingerprint density at radius 3 is 2.12 bits per heavy atom. The van der Waals surface area contributed by atoms with Crippen LogP contribution in [0.5, 0.6) is 0 Å². The van der Waals surface area contributed by atoms with Gasteiger partial charge in [-0.2, -0.15) is 0 Å². The first-order valence-electron chi connectivity index (χ1n) is 9.66. The smallest absolute Gasteiger partial charge is 0.300 e. The van der Waals surface area contributed by atoms with Gasteiger partial charge in [-0.1, -0.05) is 29.3 Å². The summed E-state index contributed by atoms with van der Waals surface area (Å²) >= 11 is 5.93. The minimum Gasteiger partial charge on any atom is -0.507 e. The summed E-state index contributed by atoms with van der Waals surface area (Å²) in [5.74, 6) is -1.99. The fraction of sp³-hybridized carbons (Fsp3) is 0.0833. The molecule has 1 unspecified atom stereocenters. The van der Waals surface area contributed by atoms with Crippen LogP contribution >= 0.6 is 11.6 Å². The number of Topliss-reactive ketones (excluding diaryl/α,β-unsaturated/α-hetero) is 1. The lowest BCUT2D eigenvalue weighted by Crippen LogP contribution is -2.29. The number of hydrogen-bond acceptors (Lipinski definition) is 5. The Bertz CT molecular complexity index is 1250. The van der Waals surface area contributed by atoms with E-state index < -0.39 is 22.7 Å². The predicted molar refractivity (Wildman–Crippen MR) is 121 cm³/mol. The second kappa shape index (κ2) is 8.28. The summed E-state index contributed by atoms with van der Waals surface area (Å²) in [7, 11) is 0. The van der Waals surface area contributed by atoms with Crippen LogP contribution in [-0.2, 0) is 9.59 Å². The third-order valence-corrected chi connectivity index (χ3v) is 5.55. The molecule has 0 radical (unpaired) electrons. The van der Waals surface area contributed by atoms with Gasteiger partial charge in [0, 0.05) is 28.4 Å². The normalized spacial score (nSPS) is 17.6. The SMILES string of the molecule is Cc1ccc(N2C(=O)C(=O)C(=C(O)c3ccc(Cl)cc3)C2c2ccc([N+](=O)[O-])cc2)cc1. The average molecular weight is 449 g/mol. The molecule has 8 heteroatoms. The fourth-order valence-electron chi connectivity index (χ4n) is 3.66. The Morgan fingerprint density at radius 1 is 0.969 bits per heavy atom. The lowest BCUT2D eigenvalue weighted by atomic mass is 9.95. The Labute approximate surface area is 188 Å². The molecule has 0 saturated carbocycles. The van der Waals surface area contributed by atoms with Crippen molar-refractivity contribution in [2.75, 3.05) is 4.90 Å². The number of aryl methyl sites for hydroxylation is 1. The summed E-state index contributed by atoms with van der Waals surface area (Å²) in [6, 6.07) is 17.8. The van der Waals surface area contributed by atoms with Crippen LogP contribution < -0.4 is 4.90 Å². The summed E-state index contributed by atoms with van der Waals surface area (Å²) < 4.78 is 0. The van der Waals surface area contributed by atoms with Crippen LogP contribution in [0, 0.1) is 17.0 Å². The van der Waals surface area contributed by atoms with Crippen molar-refractivity contribution in [1.29, 1.82) is 0 Å². The number of halogens is 1. The molecule has 32 heavy (non-hydrogen) atoms. The number of amides is 1. The Hall–Kier alpha value is -3.97. The zero-order valence-corrected chi connectivity index (χ0v) is 17.6. The van der Waals surface area contributed by atoms with Crippen LogP contribution in [0.2, 0.25) is 5.02 Å². The maximum Gasteiger partial charge on any atom is 0.300 e. The van der Waals surface area contributed by atoms with Gasteiger partial charge in [0.25, 0.3) is 17.4 Å².